The highest BCUT2D eigenvalue weighted by Gasteiger charge is 2.39. The molecule has 3 aromatic carbocycles. The fourth-order valence-corrected chi connectivity index (χ4v) is 4.90. The third-order valence-electron chi connectivity index (χ3n) is 7.22. The van der Waals surface area contributed by atoms with E-state index in [1.54, 1.807) is 28.9 Å². The Morgan fingerprint density at radius 2 is 1.73 bits per heavy atom. The molecule has 2 atom stereocenters. The van der Waals surface area contributed by atoms with Crippen molar-refractivity contribution in [3.05, 3.63) is 90.0 Å². The van der Waals surface area contributed by atoms with Crippen LogP contribution in [0.2, 0.25) is 0 Å². The number of carbonyl (C=O) groups is 3. The Labute approximate surface area is 237 Å². The maximum Gasteiger partial charge on any atom is 0.415 e. The molecule has 1 aliphatic heterocycles. The van der Waals surface area contributed by atoms with Gasteiger partial charge in [-0.15, -0.1) is 5.10 Å². The molecule has 4 aromatic rings. The maximum atomic E-state index is 13.5. The average molecular weight is 556 g/mol. The van der Waals surface area contributed by atoms with Crippen molar-refractivity contribution in [3.8, 4) is 5.75 Å². The number of carbonyl (C=O) groups excluding carboxylic acids is 3. The van der Waals surface area contributed by atoms with Gasteiger partial charge in [-0.05, 0) is 48.2 Å². The molecule has 0 aliphatic carbocycles. The standard InChI is InChI=1S/C30H33N7O4/c1-35-26-15-13-22(18-25(26)33-34-35)19-32-28(38)27-20-36(30(40)41-23-10-6-3-7-11-23)16-17-37(27)29(39)24(31)14-12-21-8-4-2-5-9-21/h2-11,13,15,18,24,27H,12,14,16-17,19-20,31H2,1H3,(H,32,38)/t24-,27+/m1/s1. The third kappa shape index (κ3) is 6.69. The van der Waals surface area contributed by atoms with Gasteiger partial charge >= 0.3 is 6.09 Å². The van der Waals surface area contributed by atoms with Crippen LogP contribution in [0.5, 0.6) is 5.75 Å². The van der Waals surface area contributed by atoms with Crippen LogP contribution in [0.3, 0.4) is 0 Å². The lowest BCUT2D eigenvalue weighted by Gasteiger charge is -2.40. The second-order valence-electron chi connectivity index (χ2n) is 10.1. The first-order chi connectivity index (χ1) is 19.9. The summed E-state index contributed by atoms with van der Waals surface area (Å²) in [6, 6.07) is 22.4. The van der Waals surface area contributed by atoms with Crippen LogP contribution in [-0.2, 0) is 29.6 Å². The van der Waals surface area contributed by atoms with Crippen LogP contribution in [0.1, 0.15) is 17.5 Å². The van der Waals surface area contributed by atoms with Crippen molar-refractivity contribution in [2.24, 2.45) is 12.8 Å². The summed E-state index contributed by atoms with van der Waals surface area (Å²) in [6.45, 7) is 0.581. The zero-order chi connectivity index (χ0) is 28.8. The molecule has 212 valence electrons. The summed E-state index contributed by atoms with van der Waals surface area (Å²) >= 11 is 0. The fraction of sp³-hybridized carbons (Fsp3) is 0.300. The van der Waals surface area contributed by atoms with Crippen LogP contribution >= 0.6 is 0 Å². The van der Waals surface area contributed by atoms with Crippen LogP contribution in [0.25, 0.3) is 11.0 Å². The van der Waals surface area contributed by atoms with E-state index in [9.17, 15) is 14.4 Å². The number of piperazine rings is 1. The molecular formula is C30H33N7O4. The van der Waals surface area contributed by atoms with Crippen molar-refractivity contribution in [1.29, 1.82) is 0 Å². The Hall–Kier alpha value is -4.77. The quantitative estimate of drug-likeness (QED) is 0.340. The predicted octanol–water partition coefficient (Wildman–Crippen LogP) is 2.26. The van der Waals surface area contributed by atoms with E-state index in [4.69, 9.17) is 10.5 Å². The van der Waals surface area contributed by atoms with Gasteiger partial charge < -0.3 is 25.6 Å². The number of nitrogens with one attached hydrogen (secondary N) is 1. The van der Waals surface area contributed by atoms with Crippen LogP contribution < -0.4 is 15.8 Å². The van der Waals surface area contributed by atoms with Crippen LogP contribution in [0.15, 0.2) is 78.9 Å². The number of benzene rings is 3. The van der Waals surface area contributed by atoms with Crippen LogP contribution in [0, 0.1) is 0 Å². The molecule has 0 bridgehead atoms. The first kappa shape index (κ1) is 27.8. The first-order valence-electron chi connectivity index (χ1n) is 13.6. The molecule has 1 aromatic heterocycles. The summed E-state index contributed by atoms with van der Waals surface area (Å²) < 4.78 is 7.17. The van der Waals surface area contributed by atoms with E-state index in [-0.39, 0.29) is 38.0 Å². The van der Waals surface area contributed by atoms with Crippen molar-refractivity contribution in [2.75, 3.05) is 19.6 Å². The summed E-state index contributed by atoms with van der Waals surface area (Å²) in [5, 5.41) is 11.1. The summed E-state index contributed by atoms with van der Waals surface area (Å²) in [4.78, 5) is 42.9. The summed E-state index contributed by atoms with van der Waals surface area (Å²) in [6.07, 6.45) is 0.493. The number of nitrogens with two attached hydrogens (primary N) is 1. The van der Waals surface area contributed by atoms with E-state index in [1.807, 2.05) is 61.6 Å². The summed E-state index contributed by atoms with van der Waals surface area (Å²) in [7, 11) is 1.81. The van der Waals surface area contributed by atoms with Crippen molar-refractivity contribution < 1.29 is 19.1 Å². The van der Waals surface area contributed by atoms with Crippen molar-refractivity contribution in [1.82, 2.24) is 30.1 Å². The van der Waals surface area contributed by atoms with E-state index < -0.39 is 18.2 Å². The molecule has 3 N–H and O–H groups in total. The molecule has 41 heavy (non-hydrogen) atoms. The second-order valence-corrected chi connectivity index (χ2v) is 10.1. The van der Waals surface area contributed by atoms with Gasteiger partial charge in [-0.2, -0.15) is 0 Å². The largest absolute Gasteiger partial charge is 0.415 e. The highest BCUT2D eigenvalue weighted by atomic mass is 16.6. The summed E-state index contributed by atoms with van der Waals surface area (Å²) in [5.41, 5.74) is 9.84. The van der Waals surface area contributed by atoms with Gasteiger partial charge in [0.25, 0.3) is 0 Å². The number of hydrogen-bond acceptors (Lipinski definition) is 7. The Bertz CT molecular complexity index is 1510. The predicted molar refractivity (Wildman–Crippen MR) is 153 cm³/mol. The first-order valence-corrected chi connectivity index (χ1v) is 13.6. The number of fused-ring (bicyclic) bond motifs is 1. The molecule has 11 nitrogen and oxygen atoms in total. The van der Waals surface area contributed by atoms with E-state index in [2.05, 4.69) is 15.6 Å². The van der Waals surface area contributed by atoms with E-state index in [0.29, 0.717) is 24.1 Å². The SMILES string of the molecule is Cn1nnc2cc(CNC(=O)[C@@H]3CN(C(=O)Oc4ccccc4)CCN3C(=O)[C@H](N)CCc3ccccc3)ccc21. The molecule has 3 amide bonds. The van der Waals surface area contributed by atoms with Crippen molar-refractivity contribution >= 4 is 28.9 Å². The Morgan fingerprint density at radius 1 is 1.00 bits per heavy atom. The molecule has 0 unspecified atom stereocenters. The van der Waals surface area contributed by atoms with Crippen LogP contribution in [0.4, 0.5) is 4.79 Å². The zero-order valence-electron chi connectivity index (χ0n) is 22.8. The normalized spacial score (nSPS) is 15.9. The minimum Gasteiger partial charge on any atom is -0.410 e. The van der Waals surface area contributed by atoms with E-state index in [1.165, 1.54) is 9.80 Å². The molecule has 1 saturated heterocycles. The van der Waals surface area contributed by atoms with Gasteiger partial charge in [-0.25, -0.2) is 9.48 Å². The van der Waals surface area contributed by atoms with Gasteiger partial charge in [0.15, 0.2) is 0 Å². The minimum atomic E-state index is -0.928. The number of rotatable bonds is 8. The molecule has 11 heteroatoms. The number of aromatic nitrogens is 3. The van der Waals surface area contributed by atoms with Gasteiger partial charge in [0.1, 0.15) is 17.3 Å². The molecule has 0 spiro atoms. The molecule has 0 saturated carbocycles. The molecule has 5 rings (SSSR count). The van der Waals surface area contributed by atoms with Gasteiger partial charge in [-0.3, -0.25) is 9.59 Å². The van der Waals surface area contributed by atoms with Gasteiger partial charge in [0.2, 0.25) is 11.8 Å². The lowest BCUT2D eigenvalue weighted by atomic mass is 10.0. The lowest BCUT2D eigenvalue weighted by Crippen LogP contribution is -2.64. The Morgan fingerprint density at radius 3 is 2.49 bits per heavy atom. The van der Waals surface area contributed by atoms with Gasteiger partial charge in [0, 0.05) is 26.7 Å². The molecule has 1 aliphatic rings. The third-order valence-corrected chi connectivity index (χ3v) is 7.22. The molecule has 2 heterocycles. The monoisotopic (exact) mass is 555 g/mol. The zero-order valence-corrected chi connectivity index (χ0v) is 22.8. The second kappa shape index (κ2) is 12.6. The Kier molecular flexibility index (Phi) is 8.54. The number of para-hydroxylation sites is 1. The van der Waals surface area contributed by atoms with E-state index in [0.717, 1.165) is 16.6 Å². The topological polar surface area (TPSA) is 136 Å². The fourth-order valence-electron chi connectivity index (χ4n) is 4.90. The van der Waals surface area contributed by atoms with E-state index >= 15 is 0 Å². The summed E-state index contributed by atoms with van der Waals surface area (Å²) in [5.74, 6) is -0.303. The smallest absolute Gasteiger partial charge is 0.410 e. The number of aryl methyl sites for hydroxylation is 2. The number of ether oxygens (including phenoxy) is 1. The van der Waals surface area contributed by atoms with Crippen molar-refractivity contribution in [3.63, 3.8) is 0 Å². The van der Waals surface area contributed by atoms with Crippen LogP contribution in [-0.4, -0.2) is 74.4 Å². The number of hydrogen-bond donors (Lipinski definition) is 2. The number of amides is 3. The number of nitrogens with zero attached hydrogens (tertiary/aromatic N) is 5. The molecular weight excluding hydrogens is 522 g/mol. The average Bonchev–Trinajstić information content (AvgIpc) is 3.38. The highest BCUT2D eigenvalue weighted by molar-refractivity contribution is 5.91. The molecule has 1 fully saturated rings. The van der Waals surface area contributed by atoms with Gasteiger partial charge in [-0.1, -0.05) is 59.8 Å². The highest BCUT2D eigenvalue weighted by Crippen LogP contribution is 2.18. The minimum absolute atomic E-state index is 0.0160. The Balaban J connectivity index is 1.28. The maximum absolute atomic E-state index is 13.5. The van der Waals surface area contributed by atoms with Gasteiger partial charge in [0.05, 0.1) is 18.1 Å². The lowest BCUT2D eigenvalue weighted by molar-refractivity contribution is -0.144. The molecule has 0 radical (unpaired) electrons. The van der Waals surface area contributed by atoms with Crippen molar-refractivity contribution in [2.45, 2.75) is 31.5 Å².